The fourth-order valence-electron chi connectivity index (χ4n) is 4.49. The van der Waals surface area contributed by atoms with Crippen molar-refractivity contribution in [1.82, 2.24) is 5.32 Å². The van der Waals surface area contributed by atoms with Crippen molar-refractivity contribution < 1.29 is 8.82 Å². The van der Waals surface area contributed by atoms with Gasteiger partial charge in [-0.25, -0.2) is 4.39 Å². The van der Waals surface area contributed by atoms with E-state index in [1.807, 2.05) is 0 Å². The van der Waals surface area contributed by atoms with Gasteiger partial charge in [-0.3, -0.25) is 0 Å². The van der Waals surface area contributed by atoms with E-state index in [0.29, 0.717) is 16.5 Å². The van der Waals surface area contributed by atoms with E-state index < -0.39 is 8.32 Å². The Hall–Kier alpha value is 0.307. The first kappa shape index (κ1) is 25.6. The third-order valence-corrected chi connectivity index (χ3v) is 12.7. The highest BCUT2D eigenvalue weighted by atomic mass is 127. The Labute approximate surface area is 197 Å². The lowest BCUT2D eigenvalue weighted by Crippen LogP contribution is -2.43. The lowest BCUT2D eigenvalue weighted by molar-refractivity contribution is 0.160. The monoisotopic (exact) mass is 553 g/mol. The van der Waals surface area contributed by atoms with Gasteiger partial charge in [0.15, 0.2) is 8.32 Å². The van der Waals surface area contributed by atoms with Crippen LogP contribution in [0.3, 0.4) is 0 Å². The van der Waals surface area contributed by atoms with Gasteiger partial charge in [0, 0.05) is 27.6 Å². The molecule has 1 saturated carbocycles. The van der Waals surface area contributed by atoms with Crippen molar-refractivity contribution in [3.8, 4) is 0 Å². The van der Waals surface area contributed by atoms with Gasteiger partial charge >= 0.3 is 0 Å². The average molecular weight is 554 g/mol. The first-order valence-electron chi connectivity index (χ1n) is 11.1. The molecule has 0 spiro atoms. The van der Waals surface area contributed by atoms with E-state index in [0.717, 1.165) is 40.2 Å². The smallest absolute Gasteiger partial charge is 0.192 e. The van der Waals surface area contributed by atoms with Gasteiger partial charge in [0.25, 0.3) is 0 Å². The SMILES string of the molecule is CC[Si](CC)(CC)OC(CNC1CCC(C)(C)CC1)c1c(Cl)cc(F)cc1CI. The lowest BCUT2D eigenvalue weighted by atomic mass is 9.75. The molecule has 0 bridgehead atoms. The number of rotatable bonds is 10. The Morgan fingerprint density at radius 2 is 1.79 bits per heavy atom. The number of benzene rings is 1. The molecule has 2 nitrogen and oxygen atoms in total. The molecule has 6 heteroatoms. The standard InChI is InChI=1S/C23H38ClFINOSi/c1-6-29(7-2,8-3)28-21(16-27-19-9-11-23(4,5)12-10-19)22-17(15-26)13-18(25)14-20(22)24/h13-14,19,21,27H,6-12,15-16H2,1-5H3. The van der Waals surface area contributed by atoms with Crippen LogP contribution in [0.5, 0.6) is 0 Å². The molecule has 0 aliphatic heterocycles. The quantitative estimate of drug-likeness (QED) is 0.180. The normalized spacial score (nSPS) is 18.8. The molecule has 1 aliphatic carbocycles. The number of hydrogen-bond donors (Lipinski definition) is 1. The zero-order chi connectivity index (χ0) is 21.7. The Bertz CT molecular complexity index is 650. The van der Waals surface area contributed by atoms with Crippen molar-refractivity contribution in [2.75, 3.05) is 6.54 Å². The molecule has 166 valence electrons. The summed E-state index contributed by atoms with van der Waals surface area (Å²) in [7, 11) is -1.84. The van der Waals surface area contributed by atoms with Crippen LogP contribution >= 0.6 is 34.2 Å². The summed E-state index contributed by atoms with van der Waals surface area (Å²) in [6, 6.07) is 6.86. The molecule has 1 atom stereocenters. The van der Waals surface area contributed by atoms with Crippen molar-refractivity contribution in [3.63, 3.8) is 0 Å². The van der Waals surface area contributed by atoms with E-state index in [4.69, 9.17) is 16.0 Å². The Morgan fingerprint density at radius 1 is 1.21 bits per heavy atom. The average Bonchev–Trinajstić information content (AvgIpc) is 2.69. The van der Waals surface area contributed by atoms with E-state index in [9.17, 15) is 4.39 Å². The summed E-state index contributed by atoms with van der Waals surface area (Å²) in [5.74, 6) is -0.267. The highest BCUT2D eigenvalue weighted by Gasteiger charge is 2.35. The van der Waals surface area contributed by atoms with Gasteiger partial charge in [-0.15, -0.1) is 0 Å². The first-order valence-corrected chi connectivity index (χ1v) is 15.6. The van der Waals surface area contributed by atoms with Crippen LogP contribution in [0.15, 0.2) is 12.1 Å². The van der Waals surface area contributed by atoms with Crippen LogP contribution in [-0.4, -0.2) is 20.9 Å². The maximum Gasteiger partial charge on any atom is 0.192 e. The zero-order valence-corrected chi connectivity index (χ0v) is 22.6. The molecular formula is C23H38ClFINOSi. The minimum absolute atomic E-state index is 0.116. The Kier molecular flexibility index (Phi) is 9.92. The van der Waals surface area contributed by atoms with Gasteiger partial charge in [0.05, 0.1) is 6.10 Å². The van der Waals surface area contributed by atoms with Crippen molar-refractivity contribution in [2.24, 2.45) is 5.41 Å². The van der Waals surface area contributed by atoms with Gasteiger partial charge in [-0.2, -0.15) is 0 Å². The molecule has 1 aromatic carbocycles. The van der Waals surface area contributed by atoms with Gasteiger partial charge in [-0.1, -0.05) is 68.8 Å². The molecule has 1 aliphatic rings. The highest BCUT2D eigenvalue weighted by molar-refractivity contribution is 14.1. The van der Waals surface area contributed by atoms with Crippen LogP contribution in [0.25, 0.3) is 0 Å². The lowest BCUT2D eigenvalue weighted by Gasteiger charge is -2.38. The minimum Gasteiger partial charge on any atom is -0.409 e. The molecule has 0 amide bonds. The van der Waals surface area contributed by atoms with Crippen LogP contribution in [0.4, 0.5) is 4.39 Å². The van der Waals surface area contributed by atoms with Gasteiger partial charge < -0.3 is 9.74 Å². The summed E-state index contributed by atoms with van der Waals surface area (Å²) in [5.41, 5.74) is 2.40. The third kappa shape index (κ3) is 6.89. The Morgan fingerprint density at radius 3 is 2.31 bits per heavy atom. The predicted octanol–water partition coefficient (Wildman–Crippen LogP) is 8.04. The van der Waals surface area contributed by atoms with E-state index in [-0.39, 0.29) is 11.9 Å². The molecule has 0 saturated heterocycles. The van der Waals surface area contributed by atoms with E-state index in [2.05, 4.69) is 62.5 Å². The van der Waals surface area contributed by atoms with Crippen LogP contribution < -0.4 is 5.32 Å². The van der Waals surface area contributed by atoms with Gasteiger partial charge in [-0.05, 0) is 66.9 Å². The van der Waals surface area contributed by atoms with Crippen LogP contribution in [0.2, 0.25) is 23.2 Å². The van der Waals surface area contributed by atoms with Crippen molar-refractivity contribution in [2.45, 2.75) is 95.0 Å². The summed E-state index contributed by atoms with van der Waals surface area (Å²) in [5, 5.41) is 4.29. The van der Waals surface area contributed by atoms with Crippen LogP contribution in [-0.2, 0) is 8.85 Å². The molecule has 29 heavy (non-hydrogen) atoms. The summed E-state index contributed by atoms with van der Waals surface area (Å²) < 4.78 is 21.7. The molecule has 1 aromatic rings. The maximum absolute atomic E-state index is 14.0. The molecule has 2 rings (SSSR count). The largest absolute Gasteiger partial charge is 0.409 e. The Balaban J connectivity index is 2.27. The number of hydrogen-bond acceptors (Lipinski definition) is 2. The second kappa shape index (κ2) is 11.3. The summed E-state index contributed by atoms with van der Waals surface area (Å²) in [4.78, 5) is 0. The van der Waals surface area contributed by atoms with Crippen molar-refractivity contribution in [1.29, 1.82) is 0 Å². The molecule has 0 radical (unpaired) electrons. The fourth-order valence-corrected chi connectivity index (χ4v) is 8.27. The van der Waals surface area contributed by atoms with Crippen molar-refractivity contribution >= 4 is 42.5 Å². The van der Waals surface area contributed by atoms with Crippen LogP contribution in [0, 0.1) is 11.2 Å². The molecular weight excluding hydrogens is 516 g/mol. The maximum atomic E-state index is 14.0. The van der Waals surface area contributed by atoms with E-state index in [1.54, 1.807) is 6.07 Å². The van der Waals surface area contributed by atoms with Gasteiger partial charge in [0.2, 0.25) is 0 Å². The third-order valence-electron chi connectivity index (χ3n) is 6.90. The fraction of sp³-hybridized carbons (Fsp3) is 0.739. The summed E-state index contributed by atoms with van der Waals surface area (Å²) >= 11 is 8.89. The molecule has 1 fully saturated rings. The van der Waals surface area contributed by atoms with E-state index >= 15 is 0 Å². The number of alkyl halides is 1. The number of nitrogens with one attached hydrogen (secondary N) is 1. The summed E-state index contributed by atoms with van der Waals surface area (Å²) in [6.07, 6.45) is 4.80. The predicted molar refractivity (Wildman–Crippen MR) is 134 cm³/mol. The van der Waals surface area contributed by atoms with Crippen molar-refractivity contribution in [3.05, 3.63) is 34.1 Å². The topological polar surface area (TPSA) is 21.3 Å². The number of halogens is 3. The molecule has 1 unspecified atom stereocenters. The van der Waals surface area contributed by atoms with Gasteiger partial charge in [0.1, 0.15) is 5.82 Å². The van der Waals surface area contributed by atoms with Crippen LogP contribution in [0.1, 0.15) is 77.5 Å². The minimum atomic E-state index is -1.84. The highest BCUT2D eigenvalue weighted by Crippen LogP contribution is 2.38. The molecule has 0 aromatic heterocycles. The zero-order valence-electron chi connectivity index (χ0n) is 18.7. The summed E-state index contributed by atoms with van der Waals surface area (Å²) in [6.45, 7) is 12.2. The second-order valence-electron chi connectivity index (χ2n) is 9.29. The second-order valence-corrected chi connectivity index (χ2v) is 15.2. The molecule has 0 heterocycles. The van der Waals surface area contributed by atoms with E-state index in [1.165, 1.54) is 31.7 Å². The first-order chi connectivity index (χ1) is 13.7. The molecule has 1 N–H and O–H groups in total.